The number of fused-ring (bicyclic) bond motifs is 1. The lowest BCUT2D eigenvalue weighted by atomic mass is 9.99. The van der Waals surface area contributed by atoms with E-state index in [4.69, 9.17) is 28.0 Å². The quantitative estimate of drug-likeness (QED) is 0.0739. The number of nitrogens with zero attached hydrogens (tertiary/aromatic N) is 5. The van der Waals surface area contributed by atoms with E-state index in [2.05, 4.69) is 25.4 Å². The smallest absolute Gasteiger partial charge is 0.413 e. The Kier molecular flexibility index (Phi) is 8.14. The summed E-state index contributed by atoms with van der Waals surface area (Å²) in [6.45, 7) is 6.98. The second kappa shape index (κ2) is 11.7. The largest absolute Gasteiger partial charge is 0.444 e. The number of carbonyl (C=O) groups excluding carboxylic acids is 1. The van der Waals surface area contributed by atoms with E-state index in [1.54, 1.807) is 39.0 Å². The summed E-state index contributed by atoms with van der Waals surface area (Å²) in [5.41, 5.74) is 1.02. The molecule has 3 aromatic heterocycles. The molecule has 0 bridgehead atoms. The Balaban J connectivity index is 1.47. The highest BCUT2D eigenvalue weighted by Crippen LogP contribution is 2.41. The Labute approximate surface area is 255 Å². The summed E-state index contributed by atoms with van der Waals surface area (Å²) in [6, 6.07) is 10.1. The number of aromatic nitrogens is 4. The topological polar surface area (TPSA) is 170 Å². The molecule has 0 aliphatic carbocycles. The number of ether oxygens (including phenoxy) is 1. The number of hydrogen-bond donors (Lipinski definition) is 4. The summed E-state index contributed by atoms with van der Waals surface area (Å²) >= 11 is 6.26. The summed E-state index contributed by atoms with van der Waals surface area (Å²) in [4.78, 5) is 36.0. The van der Waals surface area contributed by atoms with E-state index >= 15 is 8.78 Å². The number of anilines is 2. The van der Waals surface area contributed by atoms with Crippen molar-refractivity contribution in [2.45, 2.75) is 51.7 Å². The summed E-state index contributed by atoms with van der Waals surface area (Å²) in [5, 5.41) is 7.43. The average Bonchev–Trinajstić information content (AvgIpc) is 3.47. The minimum atomic E-state index is -0.994. The maximum absolute atomic E-state index is 15.3. The van der Waals surface area contributed by atoms with Gasteiger partial charge in [0.05, 0.1) is 23.0 Å². The van der Waals surface area contributed by atoms with Gasteiger partial charge in [-0.2, -0.15) is 18.9 Å². The summed E-state index contributed by atoms with van der Waals surface area (Å²) in [6.07, 6.45) is 0.790. The number of nitrogens with two attached hydrogens (primary N) is 2. The first kappa shape index (κ1) is 30.6. The van der Waals surface area contributed by atoms with Crippen molar-refractivity contribution in [2.75, 3.05) is 10.3 Å². The van der Waals surface area contributed by atoms with Crippen LogP contribution in [-0.4, -0.2) is 37.6 Å². The number of rotatable bonds is 6. The molecule has 1 aliphatic rings. The van der Waals surface area contributed by atoms with Crippen LogP contribution in [0.5, 0.6) is 0 Å². The molecular weight excluding hydrogens is 596 g/mol. The van der Waals surface area contributed by atoms with Crippen LogP contribution in [0, 0.1) is 11.9 Å². The molecule has 1 amide bonds. The van der Waals surface area contributed by atoms with E-state index in [-0.39, 0.29) is 28.8 Å². The molecule has 0 radical (unpaired) electrons. The van der Waals surface area contributed by atoms with Crippen molar-refractivity contribution in [3.05, 3.63) is 81.1 Å². The Hall–Kier alpha value is -4.82. The van der Waals surface area contributed by atoms with Crippen LogP contribution in [0.25, 0.3) is 22.5 Å². The first-order valence-electron chi connectivity index (χ1n) is 13.5. The van der Waals surface area contributed by atoms with E-state index < -0.39 is 35.2 Å². The summed E-state index contributed by atoms with van der Waals surface area (Å²) < 4.78 is 37.0. The van der Waals surface area contributed by atoms with Gasteiger partial charge in [0.25, 0.3) is 5.56 Å². The zero-order valence-electron chi connectivity index (χ0n) is 24.2. The number of amides is 1. The molecule has 2 atom stereocenters. The van der Waals surface area contributed by atoms with Crippen molar-refractivity contribution >= 4 is 35.5 Å². The molecule has 5 rings (SSSR count). The lowest BCUT2D eigenvalue weighted by Crippen LogP contribution is -2.30. The van der Waals surface area contributed by atoms with E-state index in [0.29, 0.717) is 34.0 Å². The first-order valence-corrected chi connectivity index (χ1v) is 13.9. The second-order valence-corrected chi connectivity index (χ2v) is 11.8. The fourth-order valence-corrected chi connectivity index (χ4v) is 5.35. The van der Waals surface area contributed by atoms with Gasteiger partial charge in [0.1, 0.15) is 23.6 Å². The predicted octanol–water partition coefficient (Wildman–Crippen LogP) is 5.26. The monoisotopic (exact) mass is 625 g/mol. The van der Waals surface area contributed by atoms with Gasteiger partial charge >= 0.3 is 6.09 Å². The lowest BCUT2D eigenvalue weighted by molar-refractivity contribution is 0.0635. The van der Waals surface area contributed by atoms with Crippen molar-refractivity contribution in [3.8, 4) is 22.5 Å². The maximum Gasteiger partial charge on any atom is 0.413 e. The second-order valence-electron chi connectivity index (χ2n) is 11.3. The number of aromatic amines is 1. The number of benzene rings is 1. The minimum absolute atomic E-state index is 0.0199. The molecule has 44 heavy (non-hydrogen) atoms. The number of pyridine rings is 2. The van der Waals surface area contributed by atoms with Gasteiger partial charge in [-0.15, -0.1) is 0 Å². The van der Waals surface area contributed by atoms with E-state index in [1.807, 2.05) is 13.0 Å². The fraction of sp³-hybridized carbons (Fsp3) is 0.276. The first-order chi connectivity index (χ1) is 20.8. The molecule has 230 valence electrons. The van der Waals surface area contributed by atoms with Crippen molar-refractivity contribution in [1.82, 2.24) is 19.5 Å². The van der Waals surface area contributed by atoms with E-state index in [9.17, 15) is 9.59 Å². The fourth-order valence-electron chi connectivity index (χ4n) is 5.18. The van der Waals surface area contributed by atoms with E-state index in [1.165, 1.54) is 34.1 Å². The molecule has 4 heterocycles. The maximum atomic E-state index is 15.3. The lowest BCUT2D eigenvalue weighted by Gasteiger charge is -2.19. The number of imidazole rings is 1. The normalized spacial score (nSPS) is 16.3. The Morgan fingerprint density at radius 2 is 1.93 bits per heavy atom. The number of hydrogen-bond acceptors (Lipinski definition) is 8. The summed E-state index contributed by atoms with van der Waals surface area (Å²) in [5.74, 6) is 9.08. The molecule has 1 unspecified atom stereocenters. The van der Waals surface area contributed by atoms with Crippen molar-refractivity contribution in [2.24, 2.45) is 16.8 Å². The van der Waals surface area contributed by atoms with Crippen molar-refractivity contribution in [3.63, 3.8) is 0 Å². The molecule has 4 aromatic rings. The Morgan fingerprint density at radius 1 is 1.18 bits per heavy atom. The standard InChI is InChI=1S/C29H30ClF2N9O3/c1-14-9-21(41-20(14)10-15(11-23(41)42)18-12-16(30)5-7-19(18)40(34)13-35-33)24-26(32)39-27(38-24)17-6-8-22(36-25(17)31)37-28(43)44-29(2,3)4/h5-8,10-14,21H,9,33-34H2,1-4H3,(H,38,39)(H,36,37,43)/b35-13-/t14-,21?/m1/s1. The summed E-state index contributed by atoms with van der Waals surface area (Å²) in [7, 11) is 0. The van der Waals surface area contributed by atoms with Crippen LogP contribution in [0.3, 0.4) is 0 Å². The highest BCUT2D eigenvalue weighted by Gasteiger charge is 2.34. The molecule has 1 aliphatic heterocycles. The number of hydrazone groups is 1. The Bertz CT molecular complexity index is 1830. The average molecular weight is 626 g/mol. The molecule has 0 fully saturated rings. The highest BCUT2D eigenvalue weighted by molar-refractivity contribution is 6.31. The number of halogens is 3. The number of H-pyrrole nitrogens is 1. The molecule has 0 saturated heterocycles. The van der Waals surface area contributed by atoms with Gasteiger partial charge in [0.15, 0.2) is 0 Å². The zero-order chi connectivity index (χ0) is 31.9. The van der Waals surface area contributed by atoms with Crippen LogP contribution in [0.15, 0.2) is 52.4 Å². The third kappa shape index (κ3) is 6.12. The van der Waals surface area contributed by atoms with Crippen LogP contribution < -0.4 is 27.6 Å². The van der Waals surface area contributed by atoms with Gasteiger partial charge in [-0.25, -0.2) is 15.6 Å². The van der Waals surface area contributed by atoms with Gasteiger partial charge in [-0.1, -0.05) is 18.5 Å². The number of nitrogens with one attached hydrogen (secondary N) is 2. The minimum Gasteiger partial charge on any atom is -0.444 e. The van der Waals surface area contributed by atoms with Crippen LogP contribution in [-0.2, 0) is 4.74 Å². The van der Waals surface area contributed by atoms with Crippen molar-refractivity contribution < 1.29 is 18.3 Å². The van der Waals surface area contributed by atoms with E-state index in [0.717, 1.165) is 0 Å². The Morgan fingerprint density at radius 3 is 2.61 bits per heavy atom. The third-order valence-corrected chi connectivity index (χ3v) is 7.22. The van der Waals surface area contributed by atoms with Crippen LogP contribution >= 0.6 is 11.6 Å². The van der Waals surface area contributed by atoms with Gasteiger partial charge < -0.3 is 20.1 Å². The van der Waals surface area contributed by atoms with Crippen LogP contribution in [0.4, 0.5) is 25.1 Å². The van der Waals surface area contributed by atoms with Crippen molar-refractivity contribution in [1.29, 1.82) is 0 Å². The predicted molar refractivity (Wildman–Crippen MR) is 163 cm³/mol. The van der Waals surface area contributed by atoms with Gasteiger partial charge in [-0.05, 0) is 75.1 Å². The molecule has 6 N–H and O–H groups in total. The van der Waals surface area contributed by atoms with Crippen LogP contribution in [0.2, 0.25) is 5.02 Å². The van der Waals surface area contributed by atoms with Crippen LogP contribution in [0.1, 0.15) is 57.5 Å². The van der Waals surface area contributed by atoms with Gasteiger partial charge in [-0.3, -0.25) is 15.1 Å². The van der Waals surface area contributed by atoms with Gasteiger partial charge in [0.2, 0.25) is 11.9 Å². The SMILES string of the molecule is C[C@@H]1CC(c2[nH]c(-c3ccc(NC(=O)OC(C)(C)C)nc3F)nc2F)n2c1cc(-c1cc(Cl)ccc1N(N)/C=N\N)cc2=O. The third-order valence-electron chi connectivity index (χ3n) is 6.98. The van der Waals surface area contributed by atoms with Gasteiger partial charge in [0, 0.05) is 22.3 Å². The highest BCUT2D eigenvalue weighted by atomic mass is 35.5. The molecule has 0 saturated carbocycles. The molecule has 1 aromatic carbocycles. The molecular formula is C29H30ClF2N9O3. The molecule has 15 heteroatoms. The number of carbonyl (C=O) groups is 1. The number of hydrazine groups is 1. The molecule has 0 spiro atoms. The molecule has 12 nitrogen and oxygen atoms in total. The zero-order valence-corrected chi connectivity index (χ0v) is 25.0.